The second kappa shape index (κ2) is 6.26. The highest BCUT2D eigenvalue weighted by atomic mass is 35.5. The Labute approximate surface area is 123 Å². The Morgan fingerprint density at radius 3 is 2.55 bits per heavy atom. The van der Waals surface area contributed by atoms with Crippen LogP contribution in [-0.4, -0.2) is 37.7 Å². The van der Waals surface area contributed by atoms with Crippen molar-refractivity contribution in [2.75, 3.05) is 12.4 Å². The first-order chi connectivity index (χ1) is 9.42. The van der Waals surface area contributed by atoms with Crippen LogP contribution in [0.3, 0.4) is 0 Å². The molecule has 0 unspecified atom stereocenters. The van der Waals surface area contributed by atoms with Crippen LogP contribution in [0.1, 0.15) is 25.7 Å². The largest absolute Gasteiger partial charge is 0.393 e. The van der Waals surface area contributed by atoms with Crippen molar-refractivity contribution < 1.29 is 13.5 Å². The van der Waals surface area contributed by atoms with Crippen LogP contribution in [0, 0.1) is 0 Å². The molecule has 0 atom stereocenters. The van der Waals surface area contributed by atoms with Crippen molar-refractivity contribution in [2.24, 2.45) is 0 Å². The summed E-state index contributed by atoms with van der Waals surface area (Å²) in [4.78, 5) is 4.01. The second-order valence-electron chi connectivity index (χ2n) is 4.88. The van der Waals surface area contributed by atoms with Gasteiger partial charge in [-0.15, -0.1) is 0 Å². The van der Waals surface area contributed by atoms with Crippen molar-refractivity contribution in [3.8, 4) is 0 Å². The Bertz CT molecular complexity index is 571. The van der Waals surface area contributed by atoms with Crippen LogP contribution in [0.25, 0.3) is 0 Å². The van der Waals surface area contributed by atoms with Gasteiger partial charge in [-0.2, -0.15) is 0 Å². The summed E-state index contributed by atoms with van der Waals surface area (Å²) in [5, 5.41) is 12.5. The van der Waals surface area contributed by atoms with Crippen LogP contribution in [-0.2, 0) is 10.0 Å². The predicted molar refractivity (Wildman–Crippen MR) is 77.4 cm³/mol. The standard InChI is InChI=1S/C12H18ClN3O3S/c1-14-12-11(13)6-10(7-15-12)20(18,19)16-8-2-4-9(17)5-3-8/h6-9,16-17H,2-5H2,1H3,(H,14,15). The molecule has 3 N–H and O–H groups in total. The van der Waals surface area contributed by atoms with Gasteiger partial charge >= 0.3 is 0 Å². The summed E-state index contributed by atoms with van der Waals surface area (Å²) in [6.45, 7) is 0. The molecular weight excluding hydrogens is 302 g/mol. The third-order valence-corrected chi connectivity index (χ3v) is 5.16. The number of aliphatic hydroxyl groups excluding tert-OH is 1. The molecular formula is C12H18ClN3O3S. The number of aliphatic hydroxyl groups is 1. The monoisotopic (exact) mass is 319 g/mol. The Morgan fingerprint density at radius 1 is 1.35 bits per heavy atom. The van der Waals surface area contributed by atoms with E-state index in [1.54, 1.807) is 7.05 Å². The van der Waals surface area contributed by atoms with E-state index in [2.05, 4.69) is 15.0 Å². The molecule has 0 radical (unpaired) electrons. The summed E-state index contributed by atoms with van der Waals surface area (Å²) in [5.41, 5.74) is 0. The maximum Gasteiger partial charge on any atom is 0.242 e. The Morgan fingerprint density at radius 2 is 2.00 bits per heavy atom. The van der Waals surface area contributed by atoms with Crippen molar-refractivity contribution in [3.63, 3.8) is 0 Å². The molecule has 1 saturated carbocycles. The first-order valence-electron chi connectivity index (χ1n) is 6.46. The molecule has 6 nitrogen and oxygen atoms in total. The molecule has 1 heterocycles. The molecule has 0 bridgehead atoms. The molecule has 0 aliphatic heterocycles. The molecule has 1 aromatic heterocycles. The molecule has 0 amide bonds. The number of rotatable bonds is 4. The average molecular weight is 320 g/mol. The smallest absolute Gasteiger partial charge is 0.242 e. The number of hydrogen-bond donors (Lipinski definition) is 3. The van der Waals surface area contributed by atoms with E-state index in [1.807, 2.05) is 0 Å². The number of anilines is 1. The number of halogens is 1. The van der Waals surface area contributed by atoms with Crippen molar-refractivity contribution >= 4 is 27.4 Å². The molecule has 2 rings (SSSR count). The minimum Gasteiger partial charge on any atom is -0.393 e. The van der Waals surface area contributed by atoms with E-state index in [0.717, 1.165) is 0 Å². The third kappa shape index (κ3) is 3.60. The van der Waals surface area contributed by atoms with Gasteiger partial charge in [0.05, 0.1) is 11.1 Å². The quantitative estimate of drug-likeness (QED) is 0.779. The van der Waals surface area contributed by atoms with E-state index in [1.165, 1.54) is 12.3 Å². The summed E-state index contributed by atoms with van der Waals surface area (Å²) in [6.07, 6.45) is 3.46. The van der Waals surface area contributed by atoms with Gasteiger partial charge in [0.25, 0.3) is 0 Å². The highest BCUT2D eigenvalue weighted by Crippen LogP contribution is 2.24. The molecule has 1 aliphatic carbocycles. The second-order valence-corrected chi connectivity index (χ2v) is 7.00. The van der Waals surface area contributed by atoms with Crippen molar-refractivity contribution in [1.82, 2.24) is 9.71 Å². The van der Waals surface area contributed by atoms with Crippen LogP contribution < -0.4 is 10.0 Å². The molecule has 1 fully saturated rings. The lowest BCUT2D eigenvalue weighted by Crippen LogP contribution is -2.38. The average Bonchev–Trinajstić information content (AvgIpc) is 2.41. The van der Waals surface area contributed by atoms with Gasteiger partial charge < -0.3 is 10.4 Å². The van der Waals surface area contributed by atoms with Crippen LogP contribution in [0.4, 0.5) is 5.82 Å². The van der Waals surface area contributed by atoms with E-state index in [4.69, 9.17) is 11.6 Å². The number of nitrogens with one attached hydrogen (secondary N) is 2. The molecule has 0 spiro atoms. The minimum atomic E-state index is -3.63. The van der Waals surface area contributed by atoms with Gasteiger partial charge in [0, 0.05) is 19.3 Å². The van der Waals surface area contributed by atoms with E-state index >= 15 is 0 Å². The zero-order valence-corrected chi connectivity index (χ0v) is 12.7. The summed E-state index contributed by atoms with van der Waals surface area (Å²) in [7, 11) is -1.97. The Balaban J connectivity index is 2.12. The topological polar surface area (TPSA) is 91.3 Å². The van der Waals surface area contributed by atoms with Gasteiger partial charge in [-0.25, -0.2) is 18.1 Å². The molecule has 1 aliphatic rings. The highest BCUT2D eigenvalue weighted by molar-refractivity contribution is 7.89. The fourth-order valence-electron chi connectivity index (χ4n) is 2.23. The maximum absolute atomic E-state index is 12.2. The summed E-state index contributed by atoms with van der Waals surface area (Å²) in [6, 6.07) is 1.23. The van der Waals surface area contributed by atoms with Crippen molar-refractivity contribution in [2.45, 2.75) is 42.7 Å². The van der Waals surface area contributed by atoms with Crippen molar-refractivity contribution in [1.29, 1.82) is 0 Å². The fraction of sp³-hybridized carbons (Fsp3) is 0.583. The van der Waals surface area contributed by atoms with Gasteiger partial charge in [0.2, 0.25) is 10.0 Å². The zero-order valence-electron chi connectivity index (χ0n) is 11.1. The zero-order chi connectivity index (χ0) is 14.8. The van der Waals surface area contributed by atoms with Crippen LogP contribution in [0.5, 0.6) is 0 Å². The molecule has 112 valence electrons. The number of nitrogens with zero attached hydrogens (tertiary/aromatic N) is 1. The van der Waals surface area contributed by atoms with Crippen LogP contribution >= 0.6 is 11.6 Å². The number of aromatic nitrogens is 1. The lowest BCUT2D eigenvalue weighted by atomic mass is 9.94. The fourth-order valence-corrected chi connectivity index (χ4v) is 3.83. The van der Waals surface area contributed by atoms with Gasteiger partial charge in [-0.05, 0) is 31.7 Å². The lowest BCUT2D eigenvalue weighted by molar-refractivity contribution is 0.120. The van der Waals surface area contributed by atoms with Gasteiger partial charge in [0.1, 0.15) is 10.7 Å². The van der Waals surface area contributed by atoms with E-state index in [9.17, 15) is 13.5 Å². The number of sulfonamides is 1. The van der Waals surface area contributed by atoms with E-state index < -0.39 is 10.0 Å². The summed E-state index contributed by atoms with van der Waals surface area (Å²) in [5.74, 6) is 0.436. The summed E-state index contributed by atoms with van der Waals surface area (Å²) < 4.78 is 27.1. The molecule has 0 aromatic carbocycles. The highest BCUT2D eigenvalue weighted by Gasteiger charge is 2.25. The first-order valence-corrected chi connectivity index (χ1v) is 8.32. The van der Waals surface area contributed by atoms with Crippen LogP contribution in [0.15, 0.2) is 17.2 Å². The maximum atomic E-state index is 12.2. The van der Waals surface area contributed by atoms with E-state index in [0.29, 0.717) is 31.5 Å². The summed E-state index contributed by atoms with van der Waals surface area (Å²) >= 11 is 5.95. The number of pyridine rings is 1. The predicted octanol–water partition coefficient (Wildman–Crippen LogP) is 1.36. The molecule has 0 saturated heterocycles. The Kier molecular flexibility index (Phi) is 4.85. The van der Waals surface area contributed by atoms with Gasteiger partial charge in [-0.3, -0.25) is 0 Å². The SMILES string of the molecule is CNc1ncc(S(=O)(=O)NC2CCC(O)CC2)cc1Cl. The van der Waals surface area contributed by atoms with E-state index in [-0.39, 0.29) is 22.1 Å². The normalized spacial score (nSPS) is 23.6. The molecule has 20 heavy (non-hydrogen) atoms. The van der Waals surface area contributed by atoms with Crippen LogP contribution in [0.2, 0.25) is 5.02 Å². The first kappa shape index (κ1) is 15.5. The molecule has 8 heteroatoms. The van der Waals surface area contributed by atoms with Gasteiger partial charge in [0.15, 0.2) is 0 Å². The minimum absolute atomic E-state index is 0.0487. The van der Waals surface area contributed by atoms with Crippen molar-refractivity contribution in [3.05, 3.63) is 17.3 Å². The number of hydrogen-bond acceptors (Lipinski definition) is 5. The lowest BCUT2D eigenvalue weighted by Gasteiger charge is -2.25. The molecule has 1 aromatic rings. The Hall–Kier alpha value is -0.890. The third-order valence-electron chi connectivity index (χ3n) is 3.38. The van der Waals surface area contributed by atoms with Gasteiger partial charge in [-0.1, -0.05) is 11.6 Å².